The van der Waals surface area contributed by atoms with Gasteiger partial charge in [-0.05, 0) is 0 Å². The molecule has 0 spiro atoms. The topological polar surface area (TPSA) is 0 Å². The molecule has 2 aliphatic rings. The predicted octanol–water partition coefficient (Wildman–Crippen LogP) is 2.35. The summed E-state index contributed by atoms with van der Waals surface area (Å²) >= 11 is 1.66. The Balaban J connectivity index is 0.000000162. The van der Waals surface area contributed by atoms with Crippen molar-refractivity contribution < 1.29 is 48.1 Å². The molecule has 0 N–H and O–H groups in total. The molecule has 0 aliphatic heterocycles. The summed E-state index contributed by atoms with van der Waals surface area (Å²) in [4.78, 5) is 0. The number of hydrogen-bond donors (Lipinski definition) is 0. The third-order valence-corrected chi connectivity index (χ3v) is 8.64. The molecule has 0 atom stereocenters. The van der Waals surface area contributed by atoms with Crippen LogP contribution in [-0.2, 0) is 42.2 Å². The van der Waals surface area contributed by atoms with Gasteiger partial charge >= 0.3 is 71.4 Å². The molecule has 2 aliphatic carbocycles. The zero-order valence-corrected chi connectivity index (χ0v) is 27.2. The third kappa shape index (κ3) is 7.71. The van der Waals surface area contributed by atoms with Gasteiger partial charge in [-0.3, -0.25) is 0 Å². The number of rotatable bonds is 2. The van der Waals surface area contributed by atoms with Crippen LogP contribution in [0.4, 0.5) is 0 Å². The van der Waals surface area contributed by atoms with Crippen LogP contribution in [0.3, 0.4) is 0 Å². The van der Waals surface area contributed by atoms with E-state index in [2.05, 4.69) is 129 Å². The Morgan fingerprint density at radius 3 is 1.49 bits per heavy atom. The van der Waals surface area contributed by atoms with Crippen molar-refractivity contribution in [1.29, 1.82) is 0 Å². The molecule has 7 rings (SSSR count). The minimum absolute atomic E-state index is 0. The Morgan fingerprint density at radius 1 is 0.590 bits per heavy atom. The molecule has 39 heavy (non-hydrogen) atoms. The van der Waals surface area contributed by atoms with Gasteiger partial charge in [0, 0.05) is 0 Å². The van der Waals surface area contributed by atoms with Crippen molar-refractivity contribution in [2.24, 2.45) is 0 Å². The first-order valence-electron chi connectivity index (χ1n) is 12.8. The third-order valence-electron chi connectivity index (χ3n) is 6.75. The van der Waals surface area contributed by atoms with Gasteiger partial charge in [0.05, 0.1) is 0 Å². The van der Waals surface area contributed by atoms with E-state index >= 15 is 0 Å². The molecule has 0 nitrogen and oxygen atoms in total. The molecule has 0 saturated heterocycles. The first-order chi connectivity index (χ1) is 18.1. The van der Waals surface area contributed by atoms with Gasteiger partial charge in [0.25, 0.3) is 0 Å². The minimum atomic E-state index is 0. The Kier molecular flexibility index (Phi) is 12.0. The summed E-state index contributed by atoms with van der Waals surface area (Å²) < 4.78 is 0. The van der Waals surface area contributed by atoms with Crippen LogP contribution in [0.2, 0.25) is 0 Å². The van der Waals surface area contributed by atoms with E-state index in [0.29, 0.717) is 0 Å². The maximum absolute atomic E-state index is 3.46. The van der Waals surface area contributed by atoms with Crippen molar-refractivity contribution in [2.75, 3.05) is 0 Å². The summed E-state index contributed by atoms with van der Waals surface area (Å²) in [6.07, 6.45) is 10.2. The predicted molar refractivity (Wildman–Crippen MR) is 154 cm³/mol. The second-order valence-electron chi connectivity index (χ2n) is 9.65. The van der Waals surface area contributed by atoms with Gasteiger partial charge < -0.3 is 24.8 Å². The average molecular weight is 640 g/mol. The van der Waals surface area contributed by atoms with E-state index in [0.717, 1.165) is 19.0 Å². The summed E-state index contributed by atoms with van der Waals surface area (Å²) in [5.41, 5.74) is 9.61. The van der Waals surface area contributed by atoms with Crippen molar-refractivity contribution in [3.8, 4) is 0 Å². The number of halogens is 2. The van der Waals surface area contributed by atoms with Gasteiger partial charge in [-0.15, -0.1) is 57.3 Å². The summed E-state index contributed by atoms with van der Waals surface area (Å²) in [7, 11) is 0. The van der Waals surface area contributed by atoms with Gasteiger partial charge in [-0.25, -0.2) is 0 Å². The van der Waals surface area contributed by atoms with Crippen molar-refractivity contribution >= 4 is 27.7 Å². The fourth-order valence-electron chi connectivity index (χ4n) is 5.01. The molecule has 1 radical (unpaired) electrons. The van der Waals surface area contributed by atoms with Gasteiger partial charge in [-0.2, -0.15) is 23.3 Å². The summed E-state index contributed by atoms with van der Waals surface area (Å²) in [6.45, 7) is 4.30. The molecule has 0 heterocycles. The second-order valence-corrected chi connectivity index (χ2v) is 13.0. The first-order valence-corrected chi connectivity index (χ1v) is 17.7. The molecular weight excluding hydrogens is 611 g/mol. The van der Waals surface area contributed by atoms with Crippen LogP contribution in [0.1, 0.15) is 41.7 Å². The SMILES string of the molecule is CC1=[C-]c2c(ccc3ccccc23)C1.CC1=[C-]c2c(ccc3ccccc23)C1.[Cl-].[Cl-].[Zr+2]=[Si]Cc1ccccc1. The van der Waals surface area contributed by atoms with Crippen LogP contribution >= 0.6 is 0 Å². The van der Waals surface area contributed by atoms with E-state index in [9.17, 15) is 0 Å². The molecular formula is C35H29Cl2SiZr-2. The van der Waals surface area contributed by atoms with Crippen LogP contribution in [-0.4, -0.2) is 6.16 Å². The van der Waals surface area contributed by atoms with Crippen LogP contribution in [0, 0.1) is 12.2 Å². The zero-order valence-electron chi connectivity index (χ0n) is 22.2. The van der Waals surface area contributed by atoms with Crippen LogP contribution in [0.5, 0.6) is 0 Å². The molecule has 5 aromatic rings. The number of hydrogen-bond acceptors (Lipinski definition) is 0. The van der Waals surface area contributed by atoms with Crippen molar-refractivity contribution in [2.45, 2.75) is 32.7 Å². The number of fused-ring (bicyclic) bond motifs is 6. The van der Waals surface area contributed by atoms with Crippen molar-refractivity contribution in [1.82, 2.24) is 0 Å². The molecule has 0 aromatic heterocycles. The quantitative estimate of drug-likeness (QED) is 0.206. The van der Waals surface area contributed by atoms with E-state index in [1.54, 1.807) is 23.3 Å². The normalized spacial score (nSPS) is 12.3. The summed E-state index contributed by atoms with van der Waals surface area (Å²) in [6, 6.07) is 37.8. The van der Waals surface area contributed by atoms with E-state index in [4.69, 9.17) is 0 Å². The Bertz CT molecular complexity index is 1540. The molecule has 0 unspecified atom stereocenters. The molecule has 0 fully saturated rings. The average Bonchev–Trinajstić information content (AvgIpc) is 3.51. The monoisotopic (exact) mass is 637 g/mol. The molecule has 0 saturated carbocycles. The maximum atomic E-state index is 3.46. The van der Waals surface area contributed by atoms with Gasteiger partial charge in [0.1, 0.15) is 0 Å². The molecule has 0 bridgehead atoms. The van der Waals surface area contributed by atoms with Gasteiger partial charge in [-0.1, -0.05) is 86.0 Å². The van der Waals surface area contributed by atoms with Crippen LogP contribution < -0.4 is 24.8 Å². The van der Waals surface area contributed by atoms with E-state index in [-0.39, 0.29) is 24.8 Å². The van der Waals surface area contributed by atoms with E-state index < -0.39 is 0 Å². The molecule has 4 heteroatoms. The number of benzene rings is 5. The number of allylic oxidation sites excluding steroid dienone is 2. The van der Waals surface area contributed by atoms with Crippen LogP contribution in [0.15, 0.2) is 114 Å². The van der Waals surface area contributed by atoms with E-state index in [1.165, 1.54) is 66.6 Å². The molecule has 193 valence electrons. The fourth-order valence-corrected chi connectivity index (χ4v) is 6.95. The van der Waals surface area contributed by atoms with Crippen LogP contribution in [0.25, 0.3) is 21.5 Å². The van der Waals surface area contributed by atoms with Gasteiger partial charge in [0.15, 0.2) is 0 Å². The molecule has 5 aromatic carbocycles. The van der Waals surface area contributed by atoms with Crippen molar-refractivity contribution in [3.05, 3.63) is 154 Å². The molecule has 0 amide bonds. The van der Waals surface area contributed by atoms with Crippen molar-refractivity contribution in [3.63, 3.8) is 0 Å². The summed E-state index contributed by atoms with van der Waals surface area (Å²) in [5.74, 6) is 0. The first kappa shape index (κ1) is 31.3. The Morgan fingerprint density at radius 2 is 1.03 bits per heavy atom. The Hall–Kier alpha value is -2.22. The zero-order chi connectivity index (χ0) is 25.6. The fraction of sp³-hybridized carbons (Fsp3) is 0.143. The summed E-state index contributed by atoms with van der Waals surface area (Å²) in [5, 5.41) is 5.30. The standard InChI is InChI=1S/2C14H11.C7H7Si.2ClH.Zr/c2*1-10-8-12-7-6-11-4-2-3-5-13(11)14(12)9-10;8-6-7-4-2-1-3-5-7;;;/h2*2-7H,8H2,1H3;1-5H,6H2;2*1H;/q2*-1;;;;+2/p-2. The van der Waals surface area contributed by atoms with Gasteiger partial charge in [0.2, 0.25) is 0 Å². The Labute approximate surface area is 261 Å². The van der Waals surface area contributed by atoms with E-state index in [1.807, 2.05) is 0 Å². The second kappa shape index (κ2) is 15.0.